The average Bonchev–Trinajstić information content (AvgIpc) is 2.53. The van der Waals surface area contributed by atoms with Crippen LogP contribution in [0.5, 0.6) is 0 Å². The Hall–Kier alpha value is -2.25. The second kappa shape index (κ2) is 6.25. The number of halogens is 1. The van der Waals surface area contributed by atoms with E-state index in [2.05, 4.69) is 43.3 Å². The van der Waals surface area contributed by atoms with Crippen molar-refractivity contribution in [3.63, 3.8) is 0 Å². The van der Waals surface area contributed by atoms with E-state index in [0.717, 1.165) is 21.8 Å². The number of anilines is 1. The first-order chi connectivity index (χ1) is 10.7. The van der Waals surface area contributed by atoms with Crippen LogP contribution in [0.25, 0.3) is 0 Å². The van der Waals surface area contributed by atoms with Gasteiger partial charge in [0.1, 0.15) is 0 Å². The predicted octanol–water partition coefficient (Wildman–Crippen LogP) is 5.41. The Bertz CT molecular complexity index is 687. The zero-order valence-corrected chi connectivity index (χ0v) is 13.2. The Kier molecular flexibility index (Phi) is 4.17. The van der Waals surface area contributed by atoms with Crippen LogP contribution in [0.2, 0.25) is 5.02 Å². The monoisotopic (exact) mass is 307 g/mol. The summed E-state index contributed by atoms with van der Waals surface area (Å²) in [6, 6.07) is 24.4. The Morgan fingerprint density at radius 2 is 1.27 bits per heavy atom. The van der Waals surface area contributed by atoms with Crippen molar-refractivity contribution in [2.45, 2.75) is 12.8 Å². The fourth-order valence-corrected chi connectivity index (χ4v) is 3.14. The fraction of sp³-hybridized carbons (Fsp3) is 0.100. The first-order valence-corrected chi connectivity index (χ1v) is 7.70. The molecule has 3 aromatic rings. The molecule has 1 atom stereocenters. The normalized spacial score (nSPS) is 12.1. The Morgan fingerprint density at radius 3 is 1.91 bits per heavy atom. The maximum Gasteiger partial charge on any atom is 0.0447 e. The van der Waals surface area contributed by atoms with Crippen LogP contribution in [-0.4, -0.2) is 0 Å². The molecule has 3 rings (SSSR count). The molecule has 0 aliphatic heterocycles. The number of aryl methyl sites for hydroxylation is 1. The highest BCUT2D eigenvalue weighted by molar-refractivity contribution is 6.31. The van der Waals surface area contributed by atoms with Crippen molar-refractivity contribution in [2.24, 2.45) is 0 Å². The van der Waals surface area contributed by atoms with Gasteiger partial charge in [0.05, 0.1) is 0 Å². The van der Waals surface area contributed by atoms with Crippen LogP contribution in [0.1, 0.15) is 28.2 Å². The lowest BCUT2D eigenvalue weighted by molar-refractivity contribution is 0.966. The van der Waals surface area contributed by atoms with E-state index in [1.54, 1.807) is 0 Å². The molecule has 0 amide bonds. The van der Waals surface area contributed by atoms with Gasteiger partial charge in [-0.2, -0.15) is 0 Å². The number of nitrogens with two attached hydrogens (primary N) is 1. The molecule has 1 unspecified atom stereocenters. The number of nitrogen functional groups attached to an aromatic ring is 1. The minimum atomic E-state index is 0.0381. The molecule has 0 saturated carbocycles. The van der Waals surface area contributed by atoms with E-state index in [1.165, 1.54) is 11.1 Å². The maximum atomic E-state index is 6.48. The molecule has 0 aromatic heterocycles. The van der Waals surface area contributed by atoms with Gasteiger partial charge in [-0.05, 0) is 41.3 Å². The molecule has 0 radical (unpaired) electrons. The Morgan fingerprint density at radius 1 is 0.727 bits per heavy atom. The van der Waals surface area contributed by atoms with Gasteiger partial charge in [-0.15, -0.1) is 0 Å². The predicted molar refractivity (Wildman–Crippen MR) is 94.4 cm³/mol. The van der Waals surface area contributed by atoms with Crippen LogP contribution in [0.3, 0.4) is 0 Å². The average molecular weight is 308 g/mol. The summed E-state index contributed by atoms with van der Waals surface area (Å²) < 4.78 is 0. The van der Waals surface area contributed by atoms with Gasteiger partial charge in [0.2, 0.25) is 0 Å². The van der Waals surface area contributed by atoms with E-state index >= 15 is 0 Å². The summed E-state index contributed by atoms with van der Waals surface area (Å²) in [7, 11) is 0. The van der Waals surface area contributed by atoms with Crippen LogP contribution < -0.4 is 5.73 Å². The van der Waals surface area contributed by atoms with Gasteiger partial charge < -0.3 is 5.73 Å². The molecule has 2 N–H and O–H groups in total. The highest BCUT2D eigenvalue weighted by Gasteiger charge is 2.22. The van der Waals surface area contributed by atoms with E-state index in [9.17, 15) is 0 Å². The summed E-state index contributed by atoms with van der Waals surface area (Å²) in [5, 5.41) is 0.763. The smallest absolute Gasteiger partial charge is 0.0447 e. The number of rotatable bonds is 3. The lowest BCUT2D eigenvalue weighted by Crippen LogP contribution is -2.08. The van der Waals surface area contributed by atoms with Gasteiger partial charge in [-0.25, -0.2) is 0 Å². The number of hydrogen-bond donors (Lipinski definition) is 1. The van der Waals surface area contributed by atoms with Crippen molar-refractivity contribution in [3.05, 3.63) is 100 Å². The van der Waals surface area contributed by atoms with Gasteiger partial charge in [0.25, 0.3) is 0 Å². The Labute approximate surface area is 136 Å². The molecule has 0 aliphatic carbocycles. The van der Waals surface area contributed by atoms with Gasteiger partial charge in [0, 0.05) is 16.6 Å². The molecular weight excluding hydrogens is 290 g/mol. The minimum Gasteiger partial charge on any atom is -0.398 e. The number of hydrogen-bond acceptors (Lipinski definition) is 1. The fourth-order valence-electron chi connectivity index (χ4n) is 2.90. The SMILES string of the molecule is Cc1ccccc1C(c1ccccc1N)c1ccccc1Cl. The molecule has 0 fully saturated rings. The van der Waals surface area contributed by atoms with Crippen LogP contribution in [0.15, 0.2) is 72.8 Å². The molecule has 110 valence electrons. The van der Waals surface area contributed by atoms with Crippen molar-refractivity contribution < 1.29 is 0 Å². The molecule has 3 aromatic carbocycles. The van der Waals surface area contributed by atoms with Gasteiger partial charge in [0.15, 0.2) is 0 Å². The first kappa shape index (κ1) is 14.7. The summed E-state index contributed by atoms with van der Waals surface area (Å²) in [5.41, 5.74) is 11.7. The van der Waals surface area contributed by atoms with E-state index < -0.39 is 0 Å². The maximum absolute atomic E-state index is 6.48. The van der Waals surface area contributed by atoms with E-state index in [-0.39, 0.29) is 5.92 Å². The second-order valence-corrected chi connectivity index (χ2v) is 5.85. The molecule has 22 heavy (non-hydrogen) atoms. The van der Waals surface area contributed by atoms with Crippen molar-refractivity contribution in [3.8, 4) is 0 Å². The lowest BCUT2D eigenvalue weighted by atomic mass is 9.82. The highest BCUT2D eigenvalue weighted by atomic mass is 35.5. The highest BCUT2D eigenvalue weighted by Crippen LogP contribution is 2.39. The summed E-state index contributed by atoms with van der Waals surface area (Å²) in [6.07, 6.45) is 0. The van der Waals surface area contributed by atoms with Gasteiger partial charge in [-0.1, -0.05) is 72.3 Å². The van der Waals surface area contributed by atoms with Gasteiger partial charge in [-0.3, -0.25) is 0 Å². The largest absolute Gasteiger partial charge is 0.398 e. The molecule has 0 bridgehead atoms. The number of para-hydroxylation sites is 1. The zero-order chi connectivity index (χ0) is 15.5. The van der Waals surface area contributed by atoms with E-state index in [0.29, 0.717) is 0 Å². The van der Waals surface area contributed by atoms with Crippen LogP contribution in [0.4, 0.5) is 5.69 Å². The van der Waals surface area contributed by atoms with Crippen molar-refractivity contribution >= 4 is 17.3 Å². The third kappa shape index (κ3) is 2.72. The number of benzene rings is 3. The second-order valence-electron chi connectivity index (χ2n) is 5.44. The summed E-state index contributed by atoms with van der Waals surface area (Å²) >= 11 is 6.48. The van der Waals surface area contributed by atoms with Crippen molar-refractivity contribution in [1.29, 1.82) is 0 Å². The molecule has 1 nitrogen and oxygen atoms in total. The van der Waals surface area contributed by atoms with Crippen LogP contribution in [-0.2, 0) is 0 Å². The van der Waals surface area contributed by atoms with Crippen molar-refractivity contribution in [1.82, 2.24) is 0 Å². The molecular formula is C20H18ClN. The van der Waals surface area contributed by atoms with Crippen LogP contribution in [0, 0.1) is 6.92 Å². The third-order valence-corrected chi connectivity index (χ3v) is 4.37. The first-order valence-electron chi connectivity index (χ1n) is 7.33. The van der Waals surface area contributed by atoms with E-state index in [1.807, 2.05) is 36.4 Å². The quantitative estimate of drug-likeness (QED) is 0.508. The molecule has 0 aliphatic rings. The Balaban J connectivity index is 2.27. The van der Waals surface area contributed by atoms with Gasteiger partial charge >= 0.3 is 0 Å². The summed E-state index contributed by atoms with van der Waals surface area (Å²) in [5.74, 6) is 0.0381. The summed E-state index contributed by atoms with van der Waals surface area (Å²) in [6.45, 7) is 2.12. The lowest BCUT2D eigenvalue weighted by Gasteiger charge is -2.23. The molecule has 2 heteroatoms. The zero-order valence-electron chi connectivity index (χ0n) is 12.5. The van der Waals surface area contributed by atoms with Crippen LogP contribution >= 0.6 is 11.6 Å². The topological polar surface area (TPSA) is 26.0 Å². The standard InChI is InChI=1S/C20H18ClN/c1-14-8-2-3-9-15(14)20(16-10-4-6-12-18(16)21)17-11-5-7-13-19(17)22/h2-13,20H,22H2,1H3. The molecule has 0 heterocycles. The summed E-state index contributed by atoms with van der Waals surface area (Å²) in [4.78, 5) is 0. The molecule has 0 saturated heterocycles. The third-order valence-electron chi connectivity index (χ3n) is 4.02. The molecule has 0 spiro atoms. The van der Waals surface area contributed by atoms with Crippen molar-refractivity contribution in [2.75, 3.05) is 5.73 Å². The minimum absolute atomic E-state index is 0.0381. The van der Waals surface area contributed by atoms with E-state index in [4.69, 9.17) is 17.3 Å².